The summed E-state index contributed by atoms with van der Waals surface area (Å²) in [6, 6.07) is 15.3. The first-order valence-electron chi connectivity index (χ1n) is 8.15. The van der Waals surface area contributed by atoms with E-state index >= 15 is 0 Å². The Hall–Kier alpha value is -1.84. The zero-order chi connectivity index (χ0) is 17.1. The van der Waals surface area contributed by atoms with Crippen LogP contribution in [0.25, 0.3) is 10.8 Å². The first-order valence-corrected chi connectivity index (χ1v) is 9.14. The monoisotopic (exact) mass is 340 g/mol. The van der Waals surface area contributed by atoms with Crippen molar-refractivity contribution in [3.05, 3.63) is 76.6 Å². The Bertz CT molecular complexity index is 856. The van der Waals surface area contributed by atoms with E-state index in [-0.39, 0.29) is 12.4 Å². The number of fused-ring (bicyclic) bond motifs is 1. The lowest BCUT2D eigenvalue weighted by atomic mass is 9.91. The second-order valence-corrected chi connectivity index (χ2v) is 7.25. The Kier molecular flexibility index (Phi) is 5.22. The van der Waals surface area contributed by atoms with Crippen LogP contribution in [0, 0.1) is 12.7 Å². The van der Waals surface area contributed by atoms with Gasteiger partial charge in [0.2, 0.25) is 0 Å². The molecule has 0 heterocycles. The molecule has 0 atom stereocenters. The van der Waals surface area contributed by atoms with Gasteiger partial charge in [0, 0.05) is 4.90 Å². The number of hydrogen-bond donors (Lipinski definition) is 1. The molecule has 0 radical (unpaired) electrons. The van der Waals surface area contributed by atoms with Crippen LogP contribution < -0.4 is 0 Å². The number of aliphatic hydroxyl groups is 1. The molecule has 0 saturated heterocycles. The molecular formula is C21H21FOS. The molecule has 0 aliphatic heterocycles. The molecule has 0 bridgehead atoms. The van der Waals surface area contributed by atoms with Crippen LogP contribution in [-0.4, -0.2) is 10.9 Å². The maximum Gasteiger partial charge on any atom is 0.123 e. The molecule has 3 aromatic carbocycles. The van der Waals surface area contributed by atoms with Crippen LogP contribution in [0.15, 0.2) is 53.4 Å². The first-order chi connectivity index (χ1) is 11.6. The van der Waals surface area contributed by atoms with Crippen molar-refractivity contribution >= 4 is 22.5 Å². The van der Waals surface area contributed by atoms with Crippen molar-refractivity contribution in [2.75, 3.05) is 5.75 Å². The summed E-state index contributed by atoms with van der Waals surface area (Å²) in [7, 11) is 0. The molecule has 0 amide bonds. The van der Waals surface area contributed by atoms with Crippen molar-refractivity contribution < 1.29 is 9.50 Å². The van der Waals surface area contributed by atoms with Crippen LogP contribution in [0.1, 0.15) is 29.2 Å². The predicted octanol–water partition coefficient (Wildman–Crippen LogP) is 5.48. The van der Waals surface area contributed by atoms with E-state index in [0.29, 0.717) is 0 Å². The lowest BCUT2D eigenvalue weighted by Crippen LogP contribution is -1.99. The largest absolute Gasteiger partial charge is 0.392 e. The Balaban J connectivity index is 2.06. The minimum atomic E-state index is -0.227. The average Bonchev–Trinajstić information content (AvgIpc) is 2.59. The summed E-state index contributed by atoms with van der Waals surface area (Å²) < 4.78 is 13.8. The van der Waals surface area contributed by atoms with E-state index in [1.165, 1.54) is 16.5 Å². The van der Waals surface area contributed by atoms with Crippen LogP contribution in [0.3, 0.4) is 0 Å². The topological polar surface area (TPSA) is 20.2 Å². The maximum atomic E-state index is 13.8. The van der Waals surface area contributed by atoms with E-state index in [4.69, 9.17) is 0 Å². The summed E-state index contributed by atoms with van der Waals surface area (Å²) in [5, 5.41) is 11.5. The van der Waals surface area contributed by atoms with Gasteiger partial charge in [-0.2, -0.15) is 0 Å². The predicted molar refractivity (Wildman–Crippen MR) is 100 cm³/mol. The van der Waals surface area contributed by atoms with E-state index in [9.17, 15) is 9.50 Å². The molecule has 0 saturated carbocycles. The number of halogens is 1. The standard InChI is InChI=1S/C21H21FOS/c1-3-24-19-8-4-15(5-9-19)10-20-14(2)17(13-23)11-16-6-7-18(22)12-21(16)20/h4-9,11-12,23H,3,10,13H2,1-2H3. The molecule has 3 heteroatoms. The van der Waals surface area contributed by atoms with Crippen LogP contribution in [-0.2, 0) is 13.0 Å². The van der Waals surface area contributed by atoms with Crippen molar-refractivity contribution in [2.24, 2.45) is 0 Å². The van der Waals surface area contributed by atoms with Crippen molar-refractivity contribution in [3.8, 4) is 0 Å². The lowest BCUT2D eigenvalue weighted by molar-refractivity contribution is 0.281. The molecule has 0 spiro atoms. The Morgan fingerprint density at radius 3 is 2.46 bits per heavy atom. The zero-order valence-corrected chi connectivity index (χ0v) is 14.8. The van der Waals surface area contributed by atoms with Gasteiger partial charge >= 0.3 is 0 Å². The molecule has 0 aliphatic rings. The Labute approximate surface area is 146 Å². The molecule has 3 rings (SSSR count). The van der Waals surface area contributed by atoms with E-state index in [2.05, 4.69) is 31.2 Å². The highest BCUT2D eigenvalue weighted by Crippen LogP contribution is 2.29. The fourth-order valence-electron chi connectivity index (χ4n) is 3.07. The average molecular weight is 340 g/mol. The van der Waals surface area contributed by atoms with Gasteiger partial charge in [0.1, 0.15) is 5.82 Å². The summed E-state index contributed by atoms with van der Waals surface area (Å²) >= 11 is 1.82. The van der Waals surface area contributed by atoms with Gasteiger partial charge in [-0.15, -0.1) is 11.8 Å². The normalized spacial score (nSPS) is 11.2. The van der Waals surface area contributed by atoms with E-state index in [0.717, 1.165) is 39.6 Å². The molecular weight excluding hydrogens is 319 g/mol. The third kappa shape index (κ3) is 3.47. The molecule has 124 valence electrons. The highest BCUT2D eigenvalue weighted by atomic mass is 32.2. The number of benzene rings is 3. The lowest BCUT2D eigenvalue weighted by Gasteiger charge is -2.15. The summed E-state index contributed by atoms with van der Waals surface area (Å²) in [6.45, 7) is 4.15. The molecule has 24 heavy (non-hydrogen) atoms. The van der Waals surface area contributed by atoms with Gasteiger partial charge in [-0.1, -0.05) is 25.1 Å². The molecule has 0 aliphatic carbocycles. The van der Waals surface area contributed by atoms with Gasteiger partial charge in [-0.25, -0.2) is 4.39 Å². The van der Waals surface area contributed by atoms with Crippen molar-refractivity contribution in [1.82, 2.24) is 0 Å². The molecule has 0 aromatic heterocycles. The maximum absolute atomic E-state index is 13.8. The highest BCUT2D eigenvalue weighted by Gasteiger charge is 2.11. The molecule has 1 N–H and O–H groups in total. The van der Waals surface area contributed by atoms with Crippen LogP contribution in [0.5, 0.6) is 0 Å². The van der Waals surface area contributed by atoms with Gasteiger partial charge in [-0.3, -0.25) is 0 Å². The van der Waals surface area contributed by atoms with Crippen LogP contribution in [0.2, 0.25) is 0 Å². The minimum absolute atomic E-state index is 0.00176. The summed E-state index contributed by atoms with van der Waals surface area (Å²) in [5.41, 5.74) is 4.23. The molecule has 3 aromatic rings. The van der Waals surface area contributed by atoms with Gasteiger partial charge in [0.15, 0.2) is 0 Å². The second-order valence-electron chi connectivity index (χ2n) is 5.92. The van der Waals surface area contributed by atoms with Crippen LogP contribution >= 0.6 is 11.8 Å². The SMILES string of the molecule is CCSc1ccc(Cc2c(C)c(CO)cc3ccc(F)cc23)cc1. The van der Waals surface area contributed by atoms with Gasteiger partial charge in [-0.05, 0) is 82.5 Å². The summed E-state index contributed by atoms with van der Waals surface area (Å²) in [4.78, 5) is 1.26. The number of aliphatic hydroxyl groups excluding tert-OH is 1. The number of hydrogen-bond acceptors (Lipinski definition) is 2. The van der Waals surface area contributed by atoms with Crippen molar-refractivity contribution in [3.63, 3.8) is 0 Å². The fraction of sp³-hybridized carbons (Fsp3) is 0.238. The van der Waals surface area contributed by atoms with E-state index in [1.807, 2.05) is 24.8 Å². The smallest absolute Gasteiger partial charge is 0.123 e. The van der Waals surface area contributed by atoms with Gasteiger partial charge in [0.25, 0.3) is 0 Å². The summed E-state index contributed by atoms with van der Waals surface area (Å²) in [5.74, 6) is 0.829. The Morgan fingerprint density at radius 2 is 1.79 bits per heavy atom. The minimum Gasteiger partial charge on any atom is -0.392 e. The third-order valence-electron chi connectivity index (χ3n) is 4.39. The quantitative estimate of drug-likeness (QED) is 0.620. The van der Waals surface area contributed by atoms with E-state index < -0.39 is 0 Å². The highest BCUT2D eigenvalue weighted by molar-refractivity contribution is 7.99. The van der Waals surface area contributed by atoms with E-state index in [1.54, 1.807) is 12.1 Å². The second kappa shape index (κ2) is 7.37. The molecule has 0 unspecified atom stereocenters. The van der Waals surface area contributed by atoms with Gasteiger partial charge in [0.05, 0.1) is 6.61 Å². The fourth-order valence-corrected chi connectivity index (χ4v) is 3.74. The van der Waals surface area contributed by atoms with Crippen LogP contribution in [0.4, 0.5) is 4.39 Å². The van der Waals surface area contributed by atoms with Crippen molar-refractivity contribution in [1.29, 1.82) is 0 Å². The molecule has 1 nitrogen and oxygen atoms in total. The molecule has 0 fully saturated rings. The van der Waals surface area contributed by atoms with Gasteiger partial charge < -0.3 is 5.11 Å². The van der Waals surface area contributed by atoms with Crippen molar-refractivity contribution in [2.45, 2.75) is 31.8 Å². The summed E-state index contributed by atoms with van der Waals surface area (Å²) in [6.07, 6.45) is 0.733. The Morgan fingerprint density at radius 1 is 1.04 bits per heavy atom. The number of thioether (sulfide) groups is 1. The third-order valence-corrected chi connectivity index (χ3v) is 5.28. The zero-order valence-electron chi connectivity index (χ0n) is 14.0. The number of rotatable bonds is 5. The first kappa shape index (κ1) is 17.0.